The largest absolute Gasteiger partial charge is 0.496 e. The number of hydrogen-bond acceptors (Lipinski definition) is 3. The quantitative estimate of drug-likeness (QED) is 0.672. The van der Waals surface area contributed by atoms with E-state index in [1.54, 1.807) is 0 Å². The highest BCUT2D eigenvalue weighted by atomic mass is 19.4. The molecule has 1 aromatic carbocycles. The van der Waals surface area contributed by atoms with Gasteiger partial charge in [-0.3, -0.25) is 4.79 Å². The highest BCUT2D eigenvalue weighted by Gasteiger charge is 2.60. The van der Waals surface area contributed by atoms with Crippen LogP contribution in [0.5, 0.6) is 5.75 Å². The fraction of sp³-hybridized carbons (Fsp3) is 0.500. The SMILES string of the molecule is COc1ccc(F)cc1C(C(C)C)C(O)(C=O)C(F)(F)F. The van der Waals surface area contributed by atoms with Gasteiger partial charge in [0.25, 0.3) is 0 Å². The smallest absolute Gasteiger partial charge is 0.424 e. The molecule has 0 saturated carbocycles. The molecular formula is C14H16F4O3. The number of alkyl halides is 3. The third kappa shape index (κ3) is 3.18. The molecule has 2 atom stereocenters. The minimum atomic E-state index is -5.19. The number of carbonyl (C=O) groups excluding carboxylic acids is 1. The summed E-state index contributed by atoms with van der Waals surface area (Å²) in [6.45, 7) is 2.80. The molecule has 2 unspecified atom stereocenters. The van der Waals surface area contributed by atoms with Gasteiger partial charge in [-0.1, -0.05) is 13.8 Å². The Kier molecular flexibility index (Phi) is 4.99. The molecule has 0 aliphatic heterocycles. The fourth-order valence-electron chi connectivity index (χ4n) is 2.37. The lowest BCUT2D eigenvalue weighted by Crippen LogP contribution is -2.53. The van der Waals surface area contributed by atoms with Crippen LogP contribution in [0.2, 0.25) is 0 Å². The molecular weight excluding hydrogens is 292 g/mol. The fourth-order valence-corrected chi connectivity index (χ4v) is 2.37. The highest BCUT2D eigenvalue weighted by Crippen LogP contribution is 2.46. The highest BCUT2D eigenvalue weighted by molar-refractivity contribution is 5.67. The Morgan fingerprint density at radius 2 is 1.86 bits per heavy atom. The minimum absolute atomic E-state index is 0.0281. The molecule has 0 radical (unpaired) electrons. The Labute approximate surface area is 119 Å². The zero-order valence-corrected chi connectivity index (χ0v) is 11.7. The van der Waals surface area contributed by atoms with Gasteiger partial charge in [0.05, 0.1) is 7.11 Å². The number of ether oxygens (including phenoxy) is 1. The van der Waals surface area contributed by atoms with Gasteiger partial charge in [0, 0.05) is 11.5 Å². The summed E-state index contributed by atoms with van der Waals surface area (Å²) in [7, 11) is 1.21. The molecule has 118 valence electrons. The van der Waals surface area contributed by atoms with Gasteiger partial charge < -0.3 is 9.84 Å². The first-order chi connectivity index (χ1) is 9.58. The maximum absolute atomic E-state index is 13.4. The molecule has 0 spiro atoms. The summed E-state index contributed by atoms with van der Waals surface area (Å²) in [6.07, 6.45) is -5.75. The Morgan fingerprint density at radius 3 is 2.24 bits per heavy atom. The van der Waals surface area contributed by atoms with Gasteiger partial charge in [0.1, 0.15) is 11.6 Å². The monoisotopic (exact) mass is 308 g/mol. The molecule has 1 rings (SSSR count). The van der Waals surface area contributed by atoms with Gasteiger partial charge >= 0.3 is 6.18 Å². The standard InChI is InChI=1S/C14H16F4O3/c1-8(2)12(13(20,7-19)14(16,17)18)10-6-9(15)4-5-11(10)21-3/h4-8,12,20H,1-3H3. The van der Waals surface area contributed by atoms with E-state index in [2.05, 4.69) is 0 Å². The van der Waals surface area contributed by atoms with Crippen molar-refractivity contribution in [3.05, 3.63) is 29.6 Å². The Morgan fingerprint density at radius 1 is 1.29 bits per heavy atom. The van der Waals surface area contributed by atoms with Gasteiger partial charge in [-0.05, 0) is 24.1 Å². The molecule has 0 amide bonds. The molecule has 0 saturated heterocycles. The van der Waals surface area contributed by atoms with Crippen LogP contribution < -0.4 is 4.74 Å². The van der Waals surface area contributed by atoms with Gasteiger partial charge in [0.2, 0.25) is 5.60 Å². The van der Waals surface area contributed by atoms with Gasteiger partial charge in [-0.25, -0.2) is 4.39 Å². The predicted molar refractivity (Wildman–Crippen MR) is 67.6 cm³/mol. The third-order valence-electron chi connectivity index (χ3n) is 3.30. The first kappa shape index (κ1) is 17.4. The van der Waals surface area contributed by atoms with Crippen LogP contribution in [0.4, 0.5) is 17.6 Å². The number of methoxy groups -OCH3 is 1. The van der Waals surface area contributed by atoms with E-state index in [9.17, 15) is 27.5 Å². The van der Waals surface area contributed by atoms with Crippen molar-refractivity contribution >= 4 is 6.29 Å². The van der Waals surface area contributed by atoms with E-state index in [0.717, 1.165) is 18.2 Å². The summed E-state index contributed by atoms with van der Waals surface area (Å²) in [5.41, 5.74) is -3.83. The predicted octanol–water partition coefficient (Wildman–Crippen LogP) is 3.07. The van der Waals surface area contributed by atoms with E-state index >= 15 is 0 Å². The number of hydrogen-bond donors (Lipinski definition) is 1. The van der Waals surface area contributed by atoms with Crippen LogP contribution in [-0.4, -0.2) is 30.3 Å². The molecule has 0 aliphatic carbocycles. The summed E-state index contributed by atoms with van der Waals surface area (Å²) in [4.78, 5) is 11.0. The Hall–Kier alpha value is -1.63. The summed E-state index contributed by atoms with van der Waals surface area (Å²) in [6, 6.07) is 3.01. The number of carbonyl (C=O) groups is 1. The van der Waals surface area contributed by atoms with Crippen LogP contribution in [0.3, 0.4) is 0 Å². The molecule has 1 N–H and O–H groups in total. The average Bonchev–Trinajstić information content (AvgIpc) is 2.37. The number of aldehydes is 1. The summed E-state index contributed by atoms with van der Waals surface area (Å²) in [5, 5.41) is 9.88. The maximum atomic E-state index is 13.4. The summed E-state index contributed by atoms with van der Waals surface area (Å²) in [5.74, 6) is -3.30. The van der Waals surface area contributed by atoms with Crippen molar-refractivity contribution < 1.29 is 32.2 Å². The Bertz CT molecular complexity index is 513. The first-order valence-electron chi connectivity index (χ1n) is 6.17. The normalized spacial score (nSPS) is 16.4. The van der Waals surface area contributed by atoms with Crippen molar-refractivity contribution in [2.45, 2.75) is 31.5 Å². The van der Waals surface area contributed by atoms with Crippen LogP contribution >= 0.6 is 0 Å². The number of halogens is 4. The van der Waals surface area contributed by atoms with Crippen molar-refractivity contribution in [3.8, 4) is 5.75 Å². The van der Waals surface area contributed by atoms with Gasteiger partial charge in [-0.2, -0.15) is 13.2 Å². The van der Waals surface area contributed by atoms with Crippen LogP contribution in [0, 0.1) is 11.7 Å². The van der Waals surface area contributed by atoms with Crippen LogP contribution in [0.15, 0.2) is 18.2 Å². The molecule has 0 aromatic heterocycles. The van der Waals surface area contributed by atoms with E-state index in [1.807, 2.05) is 0 Å². The van der Waals surface area contributed by atoms with E-state index < -0.39 is 35.7 Å². The molecule has 1 aromatic rings. The van der Waals surface area contributed by atoms with Crippen LogP contribution in [0.1, 0.15) is 25.3 Å². The van der Waals surface area contributed by atoms with E-state index in [4.69, 9.17) is 4.74 Å². The molecule has 21 heavy (non-hydrogen) atoms. The number of rotatable bonds is 5. The van der Waals surface area contributed by atoms with Crippen molar-refractivity contribution in [2.75, 3.05) is 7.11 Å². The number of aliphatic hydroxyl groups is 1. The van der Waals surface area contributed by atoms with E-state index in [1.165, 1.54) is 21.0 Å². The van der Waals surface area contributed by atoms with Crippen molar-refractivity contribution in [1.29, 1.82) is 0 Å². The zero-order valence-electron chi connectivity index (χ0n) is 11.7. The lowest BCUT2D eigenvalue weighted by Gasteiger charge is -2.36. The van der Waals surface area contributed by atoms with E-state index in [0.29, 0.717) is 0 Å². The number of benzene rings is 1. The van der Waals surface area contributed by atoms with E-state index in [-0.39, 0.29) is 11.3 Å². The Balaban J connectivity index is 3.57. The second-order valence-corrected chi connectivity index (χ2v) is 5.05. The van der Waals surface area contributed by atoms with Crippen molar-refractivity contribution in [1.82, 2.24) is 0 Å². The molecule has 0 heterocycles. The second kappa shape index (κ2) is 6.01. The van der Waals surface area contributed by atoms with Gasteiger partial charge in [0.15, 0.2) is 6.29 Å². The van der Waals surface area contributed by atoms with Crippen molar-refractivity contribution in [3.63, 3.8) is 0 Å². The molecule has 0 aliphatic rings. The second-order valence-electron chi connectivity index (χ2n) is 5.05. The third-order valence-corrected chi connectivity index (χ3v) is 3.30. The maximum Gasteiger partial charge on any atom is 0.424 e. The van der Waals surface area contributed by atoms with Crippen LogP contribution in [-0.2, 0) is 4.79 Å². The minimum Gasteiger partial charge on any atom is -0.496 e. The molecule has 0 fully saturated rings. The molecule has 0 bridgehead atoms. The molecule has 3 nitrogen and oxygen atoms in total. The van der Waals surface area contributed by atoms with Crippen molar-refractivity contribution in [2.24, 2.45) is 5.92 Å². The lowest BCUT2D eigenvalue weighted by molar-refractivity contribution is -0.255. The first-order valence-corrected chi connectivity index (χ1v) is 6.17. The summed E-state index contributed by atoms with van der Waals surface area (Å²) >= 11 is 0. The average molecular weight is 308 g/mol. The van der Waals surface area contributed by atoms with Crippen LogP contribution in [0.25, 0.3) is 0 Å². The summed E-state index contributed by atoms with van der Waals surface area (Å²) < 4.78 is 57.7. The molecule has 7 heteroatoms. The lowest BCUT2D eigenvalue weighted by atomic mass is 9.75. The van der Waals surface area contributed by atoms with Gasteiger partial charge in [-0.15, -0.1) is 0 Å². The topological polar surface area (TPSA) is 46.5 Å². The zero-order chi connectivity index (χ0) is 16.4.